The van der Waals surface area contributed by atoms with E-state index in [2.05, 4.69) is 10.3 Å². The fourth-order valence-corrected chi connectivity index (χ4v) is 2.00. The van der Waals surface area contributed by atoms with Gasteiger partial charge in [0, 0.05) is 11.8 Å². The molecule has 1 aromatic carbocycles. The average molecular weight is 274 g/mol. The molecule has 0 saturated heterocycles. The van der Waals surface area contributed by atoms with E-state index in [0.717, 1.165) is 0 Å². The number of benzene rings is 1. The number of carbonyl (C=O) groups excluding carboxylic acids is 1. The Kier molecular flexibility index (Phi) is 3.06. The smallest absolute Gasteiger partial charge is 0.293 e. The van der Waals surface area contributed by atoms with Crippen LogP contribution in [0.2, 0.25) is 0 Å². The molecule has 0 atom stereocenters. The third-order valence-corrected chi connectivity index (χ3v) is 2.98. The van der Waals surface area contributed by atoms with Crippen LogP contribution in [0.5, 0.6) is 11.5 Å². The Morgan fingerprint density at radius 3 is 2.90 bits per heavy atom. The Bertz CT molecular complexity index is 648. The maximum Gasteiger partial charge on any atom is 0.293 e. The predicted molar refractivity (Wildman–Crippen MR) is 71.1 cm³/mol. The van der Waals surface area contributed by atoms with Crippen LogP contribution < -0.4 is 14.8 Å². The van der Waals surface area contributed by atoms with Crippen molar-refractivity contribution in [2.24, 2.45) is 0 Å². The second-order valence-electron chi connectivity index (χ2n) is 4.74. The Morgan fingerprint density at radius 2 is 2.10 bits per heavy atom. The van der Waals surface area contributed by atoms with Gasteiger partial charge in [-0.1, -0.05) is 13.8 Å². The van der Waals surface area contributed by atoms with E-state index in [1.54, 1.807) is 18.2 Å². The van der Waals surface area contributed by atoms with Gasteiger partial charge in [-0.2, -0.15) is 0 Å². The summed E-state index contributed by atoms with van der Waals surface area (Å²) in [6.07, 6.45) is 1.28. The van der Waals surface area contributed by atoms with E-state index in [0.29, 0.717) is 22.9 Å². The number of fused-ring (bicyclic) bond motifs is 1. The Balaban J connectivity index is 1.80. The molecule has 6 heteroatoms. The number of hydrogen-bond acceptors (Lipinski definition) is 5. The molecule has 1 aliphatic rings. The van der Waals surface area contributed by atoms with Gasteiger partial charge in [0.2, 0.25) is 12.6 Å². The zero-order chi connectivity index (χ0) is 14.1. The molecule has 0 unspecified atom stereocenters. The molecule has 6 nitrogen and oxygen atoms in total. The summed E-state index contributed by atoms with van der Waals surface area (Å²) in [5.41, 5.74) is 1.26. The van der Waals surface area contributed by atoms with Crippen molar-refractivity contribution in [1.82, 2.24) is 4.98 Å². The van der Waals surface area contributed by atoms with Gasteiger partial charge in [-0.3, -0.25) is 4.79 Å². The number of amides is 1. The van der Waals surface area contributed by atoms with Crippen molar-refractivity contribution in [2.45, 2.75) is 19.8 Å². The normalized spacial score (nSPS) is 12.8. The second kappa shape index (κ2) is 4.88. The van der Waals surface area contributed by atoms with Gasteiger partial charge in [0.15, 0.2) is 17.9 Å². The maximum absolute atomic E-state index is 12.2. The predicted octanol–water partition coefficient (Wildman–Crippen LogP) is 2.78. The van der Waals surface area contributed by atoms with Crippen LogP contribution in [0, 0.1) is 0 Å². The third kappa shape index (κ3) is 2.20. The van der Waals surface area contributed by atoms with Gasteiger partial charge in [0.25, 0.3) is 5.91 Å². The molecule has 2 heterocycles. The molecule has 0 bridgehead atoms. The van der Waals surface area contributed by atoms with Crippen molar-refractivity contribution in [2.75, 3.05) is 12.1 Å². The van der Waals surface area contributed by atoms with E-state index in [-0.39, 0.29) is 24.4 Å². The van der Waals surface area contributed by atoms with Crippen molar-refractivity contribution >= 4 is 11.6 Å². The first kappa shape index (κ1) is 12.5. The SMILES string of the molecule is CC(C)c1ncoc1C(=O)Nc1ccc2c(c1)OCO2. The molecule has 0 spiro atoms. The van der Waals surface area contributed by atoms with Crippen molar-refractivity contribution < 1.29 is 18.7 Å². The van der Waals surface area contributed by atoms with Crippen molar-refractivity contribution in [3.63, 3.8) is 0 Å². The molecule has 104 valence electrons. The molecule has 1 amide bonds. The molecule has 0 saturated carbocycles. The molecule has 1 aromatic heterocycles. The minimum Gasteiger partial charge on any atom is -0.454 e. The Labute approximate surface area is 115 Å². The summed E-state index contributed by atoms with van der Waals surface area (Å²) in [7, 11) is 0. The molecule has 0 aliphatic carbocycles. The molecule has 0 fully saturated rings. The Hall–Kier alpha value is -2.50. The lowest BCUT2D eigenvalue weighted by Gasteiger charge is -2.06. The summed E-state index contributed by atoms with van der Waals surface area (Å²) in [6, 6.07) is 5.21. The molecular formula is C14H14N2O4. The summed E-state index contributed by atoms with van der Waals surface area (Å²) in [4.78, 5) is 16.2. The number of oxazole rings is 1. The summed E-state index contributed by atoms with van der Waals surface area (Å²) >= 11 is 0. The van der Waals surface area contributed by atoms with Crippen molar-refractivity contribution in [1.29, 1.82) is 0 Å². The van der Waals surface area contributed by atoms with Crippen LogP contribution >= 0.6 is 0 Å². The van der Waals surface area contributed by atoms with Gasteiger partial charge >= 0.3 is 0 Å². The molecule has 0 radical (unpaired) electrons. The zero-order valence-electron chi connectivity index (χ0n) is 11.2. The number of anilines is 1. The first-order valence-corrected chi connectivity index (χ1v) is 6.29. The van der Waals surface area contributed by atoms with Crippen LogP contribution in [0.15, 0.2) is 29.0 Å². The van der Waals surface area contributed by atoms with E-state index in [1.165, 1.54) is 6.39 Å². The maximum atomic E-state index is 12.2. The van der Waals surface area contributed by atoms with Crippen LogP contribution in [0.3, 0.4) is 0 Å². The van der Waals surface area contributed by atoms with E-state index in [9.17, 15) is 4.79 Å². The van der Waals surface area contributed by atoms with Gasteiger partial charge in [-0.05, 0) is 18.1 Å². The van der Waals surface area contributed by atoms with Crippen LogP contribution in [0.4, 0.5) is 5.69 Å². The Morgan fingerprint density at radius 1 is 1.30 bits per heavy atom. The van der Waals surface area contributed by atoms with E-state index < -0.39 is 0 Å². The number of carbonyl (C=O) groups is 1. The van der Waals surface area contributed by atoms with Crippen LogP contribution in [-0.2, 0) is 0 Å². The highest BCUT2D eigenvalue weighted by Crippen LogP contribution is 2.34. The standard InChI is InChI=1S/C14H14N2O4/c1-8(2)12-13(18-6-15-12)14(17)16-9-3-4-10-11(5-9)20-7-19-10/h3-6,8H,7H2,1-2H3,(H,16,17). The van der Waals surface area contributed by atoms with Gasteiger partial charge in [0.1, 0.15) is 0 Å². The summed E-state index contributed by atoms with van der Waals surface area (Å²) < 4.78 is 15.7. The second-order valence-corrected chi connectivity index (χ2v) is 4.74. The molecule has 2 aromatic rings. The lowest BCUT2D eigenvalue weighted by molar-refractivity contribution is 0.0995. The first-order chi connectivity index (χ1) is 9.65. The fourth-order valence-electron chi connectivity index (χ4n) is 2.00. The average Bonchev–Trinajstić information content (AvgIpc) is 3.06. The van der Waals surface area contributed by atoms with E-state index in [4.69, 9.17) is 13.9 Å². The monoisotopic (exact) mass is 274 g/mol. The molecule has 1 N–H and O–H groups in total. The van der Waals surface area contributed by atoms with E-state index in [1.807, 2.05) is 13.8 Å². The number of ether oxygens (including phenoxy) is 2. The number of aromatic nitrogens is 1. The molecule has 20 heavy (non-hydrogen) atoms. The fraction of sp³-hybridized carbons (Fsp3) is 0.286. The first-order valence-electron chi connectivity index (χ1n) is 6.29. The van der Waals surface area contributed by atoms with Gasteiger partial charge in [-0.25, -0.2) is 4.98 Å². The largest absolute Gasteiger partial charge is 0.454 e. The highest BCUT2D eigenvalue weighted by Gasteiger charge is 2.20. The minimum absolute atomic E-state index is 0.117. The number of hydrogen-bond donors (Lipinski definition) is 1. The third-order valence-electron chi connectivity index (χ3n) is 2.98. The molecule has 3 rings (SSSR count). The van der Waals surface area contributed by atoms with E-state index >= 15 is 0 Å². The van der Waals surface area contributed by atoms with Gasteiger partial charge < -0.3 is 19.2 Å². The van der Waals surface area contributed by atoms with Crippen LogP contribution in [-0.4, -0.2) is 17.7 Å². The van der Waals surface area contributed by atoms with Gasteiger partial charge in [0.05, 0.1) is 5.69 Å². The van der Waals surface area contributed by atoms with Crippen LogP contribution in [0.1, 0.15) is 36.0 Å². The summed E-state index contributed by atoms with van der Waals surface area (Å²) in [5.74, 6) is 1.31. The van der Waals surface area contributed by atoms with Crippen molar-refractivity contribution in [3.8, 4) is 11.5 Å². The highest BCUT2D eigenvalue weighted by atomic mass is 16.7. The van der Waals surface area contributed by atoms with Crippen molar-refractivity contribution in [3.05, 3.63) is 36.0 Å². The lowest BCUT2D eigenvalue weighted by Crippen LogP contribution is -2.13. The minimum atomic E-state index is -0.329. The summed E-state index contributed by atoms with van der Waals surface area (Å²) in [5, 5.41) is 2.76. The molecular weight excluding hydrogens is 260 g/mol. The number of rotatable bonds is 3. The van der Waals surface area contributed by atoms with Crippen LogP contribution in [0.25, 0.3) is 0 Å². The topological polar surface area (TPSA) is 73.6 Å². The molecule has 1 aliphatic heterocycles. The number of nitrogens with one attached hydrogen (secondary N) is 1. The number of nitrogens with zero attached hydrogens (tertiary/aromatic N) is 1. The highest BCUT2D eigenvalue weighted by molar-refractivity contribution is 6.03. The zero-order valence-corrected chi connectivity index (χ0v) is 11.2. The lowest BCUT2D eigenvalue weighted by atomic mass is 10.1. The summed E-state index contributed by atoms with van der Waals surface area (Å²) in [6.45, 7) is 4.11. The quantitative estimate of drug-likeness (QED) is 0.931. The van der Waals surface area contributed by atoms with Gasteiger partial charge in [-0.15, -0.1) is 0 Å².